The van der Waals surface area contributed by atoms with Crippen LogP contribution in [0.5, 0.6) is 0 Å². The second kappa shape index (κ2) is 5.55. The highest BCUT2D eigenvalue weighted by atomic mass is 35.5. The molecule has 1 saturated heterocycles. The van der Waals surface area contributed by atoms with Crippen molar-refractivity contribution in [2.75, 3.05) is 13.1 Å². The van der Waals surface area contributed by atoms with Crippen LogP contribution in [0.4, 0.5) is 4.39 Å². The summed E-state index contributed by atoms with van der Waals surface area (Å²) in [5.74, 6) is -0.805. The Morgan fingerprint density at radius 3 is 2.33 bits per heavy atom. The number of amides is 1. The van der Waals surface area contributed by atoms with Gasteiger partial charge in [0, 0.05) is 13.1 Å². The van der Waals surface area contributed by atoms with E-state index in [0.717, 1.165) is 12.1 Å². The zero-order valence-corrected chi connectivity index (χ0v) is 13.2. The van der Waals surface area contributed by atoms with E-state index in [-0.39, 0.29) is 10.6 Å². The second-order valence-electron chi connectivity index (χ2n) is 5.47. The first kappa shape index (κ1) is 16.2. The average molecular weight is 335 g/mol. The van der Waals surface area contributed by atoms with Crippen molar-refractivity contribution in [1.82, 2.24) is 4.90 Å². The van der Waals surface area contributed by atoms with E-state index in [1.807, 2.05) is 13.8 Å². The summed E-state index contributed by atoms with van der Waals surface area (Å²) in [4.78, 5) is 13.3. The van der Waals surface area contributed by atoms with Crippen molar-refractivity contribution >= 4 is 27.5 Å². The van der Waals surface area contributed by atoms with E-state index in [0.29, 0.717) is 24.9 Å². The van der Waals surface area contributed by atoms with Crippen molar-refractivity contribution in [3.8, 4) is 0 Å². The highest BCUT2D eigenvalue weighted by Gasteiger charge is 2.31. The van der Waals surface area contributed by atoms with Gasteiger partial charge in [-0.05, 0) is 24.0 Å². The average Bonchev–Trinajstić information content (AvgIpc) is 2.67. The maximum atomic E-state index is 13.6. The number of halogens is 2. The third-order valence-corrected chi connectivity index (χ3v) is 5.07. The SMILES string of the molecule is CC1CN(C(=O)c2cc(S(N)(=O)=O)c(F)cc2Cl)CC1C. The molecule has 1 amide bonds. The van der Waals surface area contributed by atoms with Gasteiger partial charge in [-0.1, -0.05) is 25.4 Å². The minimum absolute atomic E-state index is 0.0524. The largest absolute Gasteiger partial charge is 0.338 e. The lowest BCUT2D eigenvalue weighted by Gasteiger charge is -2.17. The lowest BCUT2D eigenvalue weighted by molar-refractivity contribution is 0.0785. The van der Waals surface area contributed by atoms with Crippen LogP contribution in [0.2, 0.25) is 5.02 Å². The van der Waals surface area contributed by atoms with Crippen LogP contribution < -0.4 is 5.14 Å². The Balaban J connectivity index is 2.43. The molecule has 2 rings (SSSR count). The molecule has 2 N–H and O–H groups in total. The highest BCUT2D eigenvalue weighted by molar-refractivity contribution is 7.89. The zero-order chi connectivity index (χ0) is 15.9. The zero-order valence-electron chi connectivity index (χ0n) is 11.6. The molecule has 1 heterocycles. The van der Waals surface area contributed by atoms with Crippen LogP contribution >= 0.6 is 11.6 Å². The number of hydrogen-bond acceptors (Lipinski definition) is 3. The molecule has 1 aliphatic heterocycles. The van der Waals surface area contributed by atoms with Gasteiger partial charge in [0.2, 0.25) is 10.0 Å². The summed E-state index contributed by atoms with van der Waals surface area (Å²) in [7, 11) is -4.26. The molecule has 21 heavy (non-hydrogen) atoms. The quantitative estimate of drug-likeness (QED) is 0.896. The van der Waals surface area contributed by atoms with Crippen LogP contribution in [-0.4, -0.2) is 32.3 Å². The third-order valence-electron chi connectivity index (χ3n) is 3.83. The molecule has 8 heteroatoms. The van der Waals surface area contributed by atoms with Crippen molar-refractivity contribution < 1.29 is 17.6 Å². The summed E-state index contributed by atoms with van der Waals surface area (Å²) in [5.41, 5.74) is -0.0524. The van der Waals surface area contributed by atoms with E-state index in [1.165, 1.54) is 0 Å². The van der Waals surface area contributed by atoms with Gasteiger partial charge in [0.25, 0.3) is 5.91 Å². The number of likely N-dealkylation sites (tertiary alicyclic amines) is 1. The number of primary sulfonamides is 1. The van der Waals surface area contributed by atoms with E-state index in [2.05, 4.69) is 0 Å². The number of nitrogens with two attached hydrogens (primary N) is 1. The molecule has 0 aliphatic carbocycles. The fourth-order valence-electron chi connectivity index (χ4n) is 2.38. The Hall–Kier alpha value is -1.18. The van der Waals surface area contributed by atoms with Gasteiger partial charge in [-0.2, -0.15) is 0 Å². The number of rotatable bonds is 2. The van der Waals surface area contributed by atoms with Crippen LogP contribution in [-0.2, 0) is 10.0 Å². The number of carbonyl (C=O) groups excluding carboxylic acids is 1. The fourth-order valence-corrected chi connectivity index (χ4v) is 3.22. The lowest BCUT2D eigenvalue weighted by atomic mass is 10.0. The third kappa shape index (κ3) is 3.20. The number of nitrogens with zero attached hydrogens (tertiary/aromatic N) is 1. The van der Waals surface area contributed by atoms with E-state index >= 15 is 0 Å². The van der Waals surface area contributed by atoms with Crippen LogP contribution in [0.15, 0.2) is 17.0 Å². The standard InChI is InChI=1S/C13H16ClFN2O3S/c1-7-5-17(6-8(7)2)13(18)9-3-12(21(16,19)20)11(15)4-10(9)14/h3-4,7-8H,5-6H2,1-2H3,(H2,16,19,20). The first-order chi connectivity index (χ1) is 9.61. The number of sulfonamides is 1. The van der Waals surface area contributed by atoms with E-state index in [9.17, 15) is 17.6 Å². The van der Waals surface area contributed by atoms with Crippen molar-refractivity contribution in [3.63, 3.8) is 0 Å². The molecule has 1 aromatic rings. The van der Waals surface area contributed by atoms with Crippen LogP contribution in [0.3, 0.4) is 0 Å². The predicted molar refractivity (Wildman–Crippen MR) is 77.0 cm³/mol. The van der Waals surface area contributed by atoms with Crippen LogP contribution in [0, 0.1) is 17.7 Å². The Kier molecular flexibility index (Phi) is 4.28. The summed E-state index contributed by atoms with van der Waals surface area (Å²) in [5, 5.41) is 4.81. The van der Waals surface area contributed by atoms with Gasteiger partial charge in [0.05, 0.1) is 10.6 Å². The number of hydrogen-bond donors (Lipinski definition) is 1. The first-order valence-electron chi connectivity index (χ1n) is 6.42. The molecule has 116 valence electrons. The van der Waals surface area contributed by atoms with Crippen LogP contribution in [0.1, 0.15) is 24.2 Å². The molecular weight excluding hydrogens is 319 g/mol. The molecule has 0 spiro atoms. The Labute approximate surface area is 127 Å². The molecule has 1 aromatic carbocycles. The number of benzene rings is 1. The van der Waals surface area contributed by atoms with Gasteiger partial charge in [0.1, 0.15) is 10.7 Å². The highest BCUT2D eigenvalue weighted by Crippen LogP contribution is 2.28. The molecule has 2 atom stereocenters. The van der Waals surface area contributed by atoms with Crippen molar-refractivity contribution in [3.05, 3.63) is 28.5 Å². The normalized spacial score (nSPS) is 22.6. The summed E-state index contributed by atoms with van der Waals surface area (Å²) >= 11 is 5.87. The van der Waals surface area contributed by atoms with Gasteiger partial charge >= 0.3 is 0 Å². The molecule has 1 aliphatic rings. The van der Waals surface area contributed by atoms with Gasteiger partial charge < -0.3 is 4.90 Å². The summed E-state index contributed by atoms with van der Waals surface area (Å²) in [6.45, 7) is 5.16. The molecule has 2 unspecified atom stereocenters. The maximum Gasteiger partial charge on any atom is 0.255 e. The Bertz CT molecular complexity index is 683. The molecule has 0 aromatic heterocycles. The summed E-state index contributed by atoms with van der Waals surface area (Å²) in [6, 6.07) is 1.71. The molecule has 0 saturated carbocycles. The smallest absolute Gasteiger partial charge is 0.255 e. The van der Waals surface area contributed by atoms with Gasteiger partial charge in [-0.15, -0.1) is 0 Å². The van der Waals surface area contributed by atoms with E-state index in [1.54, 1.807) is 4.90 Å². The fraction of sp³-hybridized carbons (Fsp3) is 0.462. The second-order valence-corrected chi connectivity index (χ2v) is 7.41. The summed E-state index contributed by atoms with van der Waals surface area (Å²) in [6.07, 6.45) is 0. The topological polar surface area (TPSA) is 80.5 Å². The molecule has 0 bridgehead atoms. The van der Waals surface area contributed by atoms with Crippen molar-refractivity contribution in [2.45, 2.75) is 18.7 Å². The monoisotopic (exact) mass is 334 g/mol. The maximum absolute atomic E-state index is 13.6. The van der Waals surface area contributed by atoms with Gasteiger partial charge in [0.15, 0.2) is 0 Å². The van der Waals surface area contributed by atoms with Gasteiger partial charge in [-0.25, -0.2) is 17.9 Å². The lowest BCUT2D eigenvalue weighted by Crippen LogP contribution is -2.29. The minimum Gasteiger partial charge on any atom is -0.338 e. The molecular formula is C13H16ClFN2O3S. The van der Waals surface area contributed by atoms with Crippen molar-refractivity contribution in [1.29, 1.82) is 0 Å². The molecule has 0 radical (unpaired) electrons. The predicted octanol–water partition coefficient (Wildman–Crippen LogP) is 1.85. The first-order valence-corrected chi connectivity index (χ1v) is 8.34. The molecule has 5 nitrogen and oxygen atoms in total. The Morgan fingerprint density at radius 2 is 1.86 bits per heavy atom. The van der Waals surface area contributed by atoms with Crippen molar-refractivity contribution in [2.24, 2.45) is 17.0 Å². The van der Waals surface area contributed by atoms with Gasteiger partial charge in [-0.3, -0.25) is 4.79 Å². The van der Waals surface area contributed by atoms with Crippen LogP contribution in [0.25, 0.3) is 0 Å². The summed E-state index contributed by atoms with van der Waals surface area (Å²) < 4.78 is 36.3. The van der Waals surface area contributed by atoms with E-state index < -0.39 is 26.6 Å². The Morgan fingerprint density at radius 1 is 1.33 bits per heavy atom. The molecule has 1 fully saturated rings. The minimum atomic E-state index is -4.26. The number of carbonyl (C=O) groups is 1. The van der Waals surface area contributed by atoms with E-state index in [4.69, 9.17) is 16.7 Å².